The molecule has 1 heterocycles. The van der Waals surface area contributed by atoms with Gasteiger partial charge in [-0.15, -0.1) is 13.2 Å². The zero-order chi connectivity index (χ0) is 15.5. The van der Waals surface area contributed by atoms with E-state index in [9.17, 15) is 8.42 Å². The van der Waals surface area contributed by atoms with Gasteiger partial charge in [-0.25, -0.2) is 8.42 Å². The molecular weight excluding hydrogens is 288 g/mol. The maximum Gasteiger partial charge on any atom is 0.247 e. The fraction of sp³-hybridized carbons (Fsp3) is 0.467. The molecule has 1 fully saturated rings. The van der Waals surface area contributed by atoms with E-state index in [2.05, 4.69) is 18.5 Å². The molecule has 1 aromatic rings. The van der Waals surface area contributed by atoms with Crippen molar-refractivity contribution in [2.75, 3.05) is 13.1 Å². The highest BCUT2D eigenvalue weighted by atomic mass is 32.2. The van der Waals surface area contributed by atoms with Crippen molar-refractivity contribution in [3.05, 3.63) is 42.9 Å². The van der Waals surface area contributed by atoms with E-state index in [1.54, 1.807) is 25.1 Å². The Hall–Kier alpha value is -1.37. The lowest BCUT2D eigenvalue weighted by Crippen LogP contribution is -2.31. The lowest BCUT2D eigenvalue weighted by molar-refractivity contribution is 0.449. The van der Waals surface area contributed by atoms with Crippen LogP contribution in [0.5, 0.6) is 0 Å². The Balaban J connectivity index is 2.20. The SMILES string of the molecule is C=CCN(CC=C)S(=O)(=O)c1cc(CNC2CC2)oc1C. The molecule has 0 radical (unpaired) electrons. The van der Waals surface area contributed by atoms with Crippen molar-refractivity contribution in [3.8, 4) is 0 Å². The highest BCUT2D eigenvalue weighted by Gasteiger charge is 2.28. The Labute approximate surface area is 126 Å². The Morgan fingerprint density at radius 1 is 1.38 bits per heavy atom. The van der Waals surface area contributed by atoms with Crippen LogP contribution in [0.4, 0.5) is 0 Å². The number of nitrogens with one attached hydrogen (secondary N) is 1. The number of furan rings is 1. The van der Waals surface area contributed by atoms with E-state index in [1.807, 2.05) is 0 Å². The zero-order valence-corrected chi connectivity index (χ0v) is 13.2. The first kappa shape index (κ1) is 16.0. The molecule has 0 spiro atoms. The lowest BCUT2D eigenvalue weighted by atomic mass is 10.4. The molecule has 0 aromatic carbocycles. The van der Waals surface area contributed by atoms with Gasteiger partial charge in [0.05, 0.1) is 6.54 Å². The summed E-state index contributed by atoms with van der Waals surface area (Å²) in [5, 5.41) is 3.31. The van der Waals surface area contributed by atoms with Crippen LogP contribution in [-0.2, 0) is 16.6 Å². The van der Waals surface area contributed by atoms with E-state index < -0.39 is 10.0 Å². The molecule has 1 aliphatic carbocycles. The quantitative estimate of drug-likeness (QED) is 0.710. The summed E-state index contributed by atoms with van der Waals surface area (Å²) < 4.78 is 32.2. The Bertz CT molecular complexity index is 605. The molecule has 1 N–H and O–H groups in total. The van der Waals surface area contributed by atoms with Crippen LogP contribution >= 0.6 is 0 Å². The van der Waals surface area contributed by atoms with E-state index in [-0.39, 0.29) is 18.0 Å². The molecule has 5 nitrogen and oxygen atoms in total. The molecule has 0 unspecified atom stereocenters. The molecule has 21 heavy (non-hydrogen) atoms. The van der Waals surface area contributed by atoms with E-state index in [0.717, 1.165) is 0 Å². The first-order valence-corrected chi connectivity index (χ1v) is 8.47. The van der Waals surface area contributed by atoms with Gasteiger partial charge in [0.25, 0.3) is 0 Å². The number of nitrogens with zero attached hydrogens (tertiary/aromatic N) is 1. The van der Waals surface area contributed by atoms with Crippen molar-refractivity contribution >= 4 is 10.0 Å². The third-order valence-corrected chi connectivity index (χ3v) is 5.29. The highest BCUT2D eigenvalue weighted by Crippen LogP contribution is 2.25. The largest absolute Gasteiger partial charge is 0.464 e. The number of aryl methyl sites for hydroxylation is 1. The minimum Gasteiger partial charge on any atom is -0.464 e. The molecule has 0 atom stereocenters. The van der Waals surface area contributed by atoms with Crippen LogP contribution in [-0.4, -0.2) is 31.9 Å². The van der Waals surface area contributed by atoms with Crippen molar-refractivity contribution in [1.29, 1.82) is 0 Å². The number of sulfonamides is 1. The minimum absolute atomic E-state index is 0.221. The van der Waals surface area contributed by atoms with Gasteiger partial charge >= 0.3 is 0 Å². The fourth-order valence-electron chi connectivity index (χ4n) is 2.10. The molecule has 0 aliphatic heterocycles. The molecule has 0 saturated heterocycles. The van der Waals surface area contributed by atoms with Crippen molar-refractivity contribution in [2.24, 2.45) is 0 Å². The Morgan fingerprint density at radius 2 is 2.00 bits per heavy atom. The summed E-state index contributed by atoms with van der Waals surface area (Å²) in [7, 11) is -3.59. The topological polar surface area (TPSA) is 62.6 Å². The molecule has 2 rings (SSSR count). The molecule has 1 saturated carbocycles. The van der Waals surface area contributed by atoms with E-state index in [4.69, 9.17) is 4.42 Å². The van der Waals surface area contributed by atoms with Gasteiger partial charge < -0.3 is 9.73 Å². The summed E-state index contributed by atoms with van der Waals surface area (Å²) in [4.78, 5) is 0.221. The van der Waals surface area contributed by atoms with Crippen LogP contribution < -0.4 is 5.32 Å². The predicted octanol–water partition coefficient (Wildman–Crippen LogP) is 2.20. The van der Waals surface area contributed by atoms with Crippen LogP contribution in [0.15, 0.2) is 40.7 Å². The second-order valence-electron chi connectivity index (χ2n) is 5.19. The lowest BCUT2D eigenvalue weighted by Gasteiger charge is -2.18. The van der Waals surface area contributed by atoms with Crippen molar-refractivity contribution in [1.82, 2.24) is 9.62 Å². The number of hydrogen-bond acceptors (Lipinski definition) is 4. The molecular formula is C15H22N2O3S. The first-order valence-electron chi connectivity index (χ1n) is 7.03. The average molecular weight is 310 g/mol. The summed E-state index contributed by atoms with van der Waals surface area (Å²) in [6.07, 6.45) is 5.48. The van der Waals surface area contributed by atoms with Crippen LogP contribution in [0.25, 0.3) is 0 Å². The van der Waals surface area contributed by atoms with Gasteiger partial charge in [-0.3, -0.25) is 0 Å². The van der Waals surface area contributed by atoms with E-state index in [0.29, 0.717) is 24.1 Å². The van der Waals surface area contributed by atoms with Crippen LogP contribution in [0, 0.1) is 6.92 Å². The summed E-state index contributed by atoms with van der Waals surface area (Å²) in [5.41, 5.74) is 0. The van der Waals surface area contributed by atoms with Gasteiger partial charge in [-0.2, -0.15) is 4.31 Å². The van der Waals surface area contributed by atoms with Crippen LogP contribution in [0.1, 0.15) is 24.4 Å². The molecule has 116 valence electrons. The monoisotopic (exact) mass is 310 g/mol. The van der Waals surface area contributed by atoms with Gasteiger partial charge in [-0.05, 0) is 19.8 Å². The second-order valence-corrected chi connectivity index (χ2v) is 7.09. The minimum atomic E-state index is -3.59. The van der Waals surface area contributed by atoms with E-state index >= 15 is 0 Å². The number of rotatable bonds is 9. The van der Waals surface area contributed by atoms with Gasteiger partial charge in [-0.1, -0.05) is 12.2 Å². The van der Waals surface area contributed by atoms with Crippen LogP contribution in [0.3, 0.4) is 0 Å². The van der Waals surface area contributed by atoms with Gasteiger partial charge in [0.1, 0.15) is 16.4 Å². The van der Waals surface area contributed by atoms with Crippen molar-refractivity contribution < 1.29 is 12.8 Å². The molecule has 0 bridgehead atoms. The predicted molar refractivity (Wildman–Crippen MR) is 82.5 cm³/mol. The number of hydrogen-bond donors (Lipinski definition) is 1. The normalized spacial score (nSPS) is 15.3. The molecule has 1 aromatic heterocycles. The first-order chi connectivity index (χ1) is 9.98. The summed E-state index contributed by atoms with van der Waals surface area (Å²) in [6.45, 7) is 9.92. The van der Waals surface area contributed by atoms with Gasteiger partial charge in [0.15, 0.2) is 0 Å². The molecule has 6 heteroatoms. The maximum absolute atomic E-state index is 12.6. The third kappa shape index (κ3) is 3.84. The zero-order valence-electron chi connectivity index (χ0n) is 12.3. The standard InChI is InChI=1S/C15H22N2O3S/c1-4-8-17(9-5-2)21(18,19)15-10-14(20-12(15)3)11-16-13-6-7-13/h4-5,10,13,16H,1-2,6-9,11H2,3H3. The summed E-state index contributed by atoms with van der Waals surface area (Å²) in [6, 6.07) is 2.16. The fourth-order valence-corrected chi connectivity index (χ4v) is 3.66. The van der Waals surface area contributed by atoms with E-state index in [1.165, 1.54) is 17.1 Å². The highest BCUT2D eigenvalue weighted by molar-refractivity contribution is 7.89. The molecule has 1 aliphatic rings. The smallest absolute Gasteiger partial charge is 0.247 e. The average Bonchev–Trinajstić information content (AvgIpc) is 3.18. The van der Waals surface area contributed by atoms with Gasteiger partial charge in [0, 0.05) is 25.2 Å². The van der Waals surface area contributed by atoms with Crippen LogP contribution in [0.2, 0.25) is 0 Å². The summed E-state index contributed by atoms with van der Waals surface area (Å²) in [5.74, 6) is 1.07. The Kier molecular flexibility index (Phi) is 5.03. The van der Waals surface area contributed by atoms with Crippen molar-refractivity contribution in [3.63, 3.8) is 0 Å². The summed E-state index contributed by atoms with van der Waals surface area (Å²) >= 11 is 0. The Morgan fingerprint density at radius 3 is 2.52 bits per heavy atom. The third-order valence-electron chi connectivity index (χ3n) is 3.35. The maximum atomic E-state index is 12.6. The van der Waals surface area contributed by atoms with Gasteiger partial charge in [0.2, 0.25) is 10.0 Å². The molecule has 0 amide bonds. The second kappa shape index (κ2) is 6.60. The van der Waals surface area contributed by atoms with Crippen molar-refractivity contribution in [2.45, 2.75) is 37.2 Å².